The van der Waals surface area contributed by atoms with Crippen molar-refractivity contribution in [3.8, 4) is 0 Å². The standard InChI is InChI=1S/C19H30N2O4/c1-13(14-11-9-8-10-12-14)20-15(16(22)24-7)19(5,6)21-17(23)25-18(2,3)4/h8-13,15,20H,1-7H3,(H,21,23). The van der Waals surface area contributed by atoms with E-state index in [4.69, 9.17) is 9.47 Å². The molecule has 0 aliphatic heterocycles. The van der Waals surface area contributed by atoms with Crippen molar-refractivity contribution >= 4 is 12.1 Å². The zero-order valence-corrected chi connectivity index (χ0v) is 16.2. The number of carbonyl (C=O) groups is 2. The summed E-state index contributed by atoms with van der Waals surface area (Å²) in [6.45, 7) is 10.8. The topological polar surface area (TPSA) is 76.7 Å². The van der Waals surface area contributed by atoms with E-state index in [1.165, 1.54) is 7.11 Å². The van der Waals surface area contributed by atoms with E-state index in [0.717, 1.165) is 5.56 Å². The predicted molar refractivity (Wildman–Crippen MR) is 97.2 cm³/mol. The number of alkyl carbamates (subject to hydrolysis) is 1. The Morgan fingerprint density at radius 2 is 1.60 bits per heavy atom. The molecular formula is C19H30N2O4. The van der Waals surface area contributed by atoms with Gasteiger partial charge in [0.2, 0.25) is 0 Å². The number of nitrogens with one attached hydrogen (secondary N) is 2. The van der Waals surface area contributed by atoms with Crippen LogP contribution in [0.1, 0.15) is 53.1 Å². The normalized spacial score (nSPS) is 14.4. The predicted octanol–water partition coefficient (Wildman–Crippen LogP) is 3.18. The highest BCUT2D eigenvalue weighted by molar-refractivity contribution is 5.79. The molecule has 140 valence electrons. The van der Waals surface area contributed by atoms with E-state index in [9.17, 15) is 9.59 Å². The van der Waals surface area contributed by atoms with E-state index in [0.29, 0.717) is 0 Å². The molecule has 2 N–H and O–H groups in total. The van der Waals surface area contributed by atoms with Crippen molar-refractivity contribution in [2.45, 2.75) is 64.8 Å². The van der Waals surface area contributed by atoms with Gasteiger partial charge in [0.1, 0.15) is 11.6 Å². The van der Waals surface area contributed by atoms with Crippen LogP contribution in [0.2, 0.25) is 0 Å². The van der Waals surface area contributed by atoms with E-state index in [1.54, 1.807) is 34.6 Å². The molecule has 0 radical (unpaired) electrons. The van der Waals surface area contributed by atoms with Crippen molar-refractivity contribution in [2.24, 2.45) is 0 Å². The molecule has 0 aromatic heterocycles. The zero-order chi connectivity index (χ0) is 19.3. The van der Waals surface area contributed by atoms with Crippen LogP contribution in [-0.2, 0) is 14.3 Å². The van der Waals surface area contributed by atoms with Gasteiger partial charge in [-0.25, -0.2) is 4.79 Å². The van der Waals surface area contributed by atoms with E-state index in [-0.39, 0.29) is 6.04 Å². The first-order chi connectivity index (χ1) is 11.5. The highest BCUT2D eigenvalue weighted by Crippen LogP contribution is 2.19. The average molecular weight is 350 g/mol. The van der Waals surface area contributed by atoms with E-state index >= 15 is 0 Å². The molecule has 0 saturated carbocycles. The molecule has 0 aliphatic carbocycles. The van der Waals surface area contributed by atoms with Gasteiger partial charge in [-0.1, -0.05) is 30.3 Å². The fraction of sp³-hybridized carbons (Fsp3) is 0.579. The van der Waals surface area contributed by atoms with Crippen LogP contribution in [-0.4, -0.2) is 36.4 Å². The molecule has 2 atom stereocenters. The Balaban J connectivity index is 2.93. The smallest absolute Gasteiger partial charge is 0.408 e. The molecule has 0 spiro atoms. The summed E-state index contributed by atoms with van der Waals surface area (Å²) in [7, 11) is 1.33. The van der Waals surface area contributed by atoms with Crippen molar-refractivity contribution in [3.63, 3.8) is 0 Å². The minimum Gasteiger partial charge on any atom is -0.468 e. The van der Waals surface area contributed by atoms with Crippen LogP contribution in [0.5, 0.6) is 0 Å². The first kappa shape index (κ1) is 21.0. The monoisotopic (exact) mass is 350 g/mol. The Morgan fingerprint density at radius 3 is 2.08 bits per heavy atom. The molecule has 0 heterocycles. The van der Waals surface area contributed by atoms with E-state index < -0.39 is 29.2 Å². The number of hydrogen-bond acceptors (Lipinski definition) is 5. The van der Waals surface area contributed by atoms with Gasteiger partial charge in [-0.15, -0.1) is 0 Å². The molecule has 1 aromatic carbocycles. The van der Waals surface area contributed by atoms with Crippen LogP contribution in [0.3, 0.4) is 0 Å². The van der Waals surface area contributed by atoms with Crippen molar-refractivity contribution in [3.05, 3.63) is 35.9 Å². The average Bonchev–Trinajstić information content (AvgIpc) is 2.49. The van der Waals surface area contributed by atoms with Crippen molar-refractivity contribution in [2.75, 3.05) is 7.11 Å². The molecule has 0 bridgehead atoms. The number of rotatable bonds is 6. The van der Waals surface area contributed by atoms with Gasteiger partial charge in [0.15, 0.2) is 0 Å². The molecule has 0 saturated heterocycles. The van der Waals surface area contributed by atoms with Gasteiger partial charge >= 0.3 is 12.1 Å². The first-order valence-corrected chi connectivity index (χ1v) is 8.36. The van der Waals surface area contributed by atoms with Crippen LogP contribution >= 0.6 is 0 Å². The number of hydrogen-bond donors (Lipinski definition) is 2. The molecular weight excluding hydrogens is 320 g/mol. The van der Waals surface area contributed by atoms with Crippen LogP contribution in [0.4, 0.5) is 4.79 Å². The highest BCUT2D eigenvalue weighted by Gasteiger charge is 2.39. The number of benzene rings is 1. The number of amides is 1. The summed E-state index contributed by atoms with van der Waals surface area (Å²) >= 11 is 0. The summed E-state index contributed by atoms with van der Waals surface area (Å²) < 4.78 is 10.2. The minimum absolute atomic E-state index is 0.106. The lowest BCUT2D eigenvalue weighted by Gasteiger charge is -2.36. The molecule has 6 heteroatoms. The SMILES string of the molecule is COC(=O)C(NC(C)c1ccccc1)C(C)(C)NC(=O)OC(C)(C)C. The Labute approximate surface area is 150 Å². The second-order valence-corrected chi connectivity index (χ2v) is 7.60. The molecule has 1 rings (SSSR count). The third-order valence-electron chi connectivity index (χ3n) is 3.70. The van der Waals surface area contributed by atoms with Crippen LogP contribution in [0.25, 0.3) is 0 Å². The van der Waals surface area contributed by atoms with Gasteiger partial charge in [-0.2, -0.15) is 0 Å². The number of esters is 1. The lowest BCUT2D eigenvalue weighted by molar-refractivity contribution is -0.145. The fourth-order valence-corrected chi connectivity index (χ4v) is 2.42. The summed E-state index contributed by atoms with van der Waals surface area (Å²) in [4.78, 5) is 24.4. The van der Waals surface area contributed by atoms with Gasteiger partial charge < -0.3 is 14.8 Å². The van der Waals surface area contributed by atoms with Crippen molar-refractivity contribution in [1.29, 1.82) is 0 Å². The number of ether oxygens (including phenoxy) is 2. The third kappa shape index (κ3) is 6.74. The summed E-state index contributed by atoms with van der Waals surface area (Å²) in [6.07, 6.45) is -0.583. The number of carbonyl (C=O) groups excluding carboxylic acids is 2. The van der Waals surface area contributed by atoms with Gasteiger partial charge in [0, 0.05) is 6.04 Å². The molecule has 25 heavy (non-hydrogen) atoms. The summed E-state index contributed by atoms with van der Waals surface area (Å²) in [6, 6.07) is 8.89. The van der Waals surface area contributed by atoms with Crippen LogP contribution < -0.4 is 10.6 Å². The van der Waals surface area contributed by atoms with Gasteiger partial charge in [-0.3, -0.25) is 10.1 Å². The van der Waals surface area contributed by atoms with Gasteiger partial charge in [0.05, 0.1) is 12.6 Å². The lowest BCUT2D eigenvalue weighted by atomic mass is 9.93. The molecule has 6 nitrogen and oxygen atoms in total. The lowest BCUT2D eigenvalue weighted by Crippen LogP contribution is -2.62. The molecule has 0 aliphatic rings. The largest absolute Gasteiger partial charge is 0.468 e. The summed E-state index contributed by atoms with van der Waals surface area (Å²) in [5.41, 5.74) is -0.506. The summed E-state index contributed by atoms with van der Waals surface area (Å²) in [5.74, 6) is -0.455. The fourth-order valence-electron chi connectivity index (χ4n) is 2.42. The van der Waals surface area contributed by atoms with Crippen LogP contribution in [0, 0.1) is 0 Å². The van der Waals surface area contributed by atoms with Crippen molar-refractivity contribution in [1.82, 2.24) is 10.6 Å². The quantitative estimate of drug-likeness (QED) is 0.771. The molecule has 0 fully saturated rings. The molecule has 1 amide bonds. The van der Waals surface area contributed by atoms with Crippen molar-refractivity contribution < 1.29 is 19.1 Å². The third-order valence-corrected chi connectivity index (χ3v) is 3.70. The van der Waals surface area contributed by atoms with Gasteiger partial charge in [-0.05, 0) is 47.1 Å². The second-order valence-electron chi connectivity index (χ2n) is 7.60. The Kier molecular flexibility index (Phi) is 6.99. The number of methoxy groups -OCH3 is 1. The maximum absolute atomic E-state index is 12.3. The summed E-state index contributed by atoms with van der Waals surface area (Å²) in [5, 5.41) is 6.01. The molecule has 1 aromatic rings. The zero-order valence-electron chi connectivity index (χ0n) is 16.2. The van der Waals surface area contributed by atoms with E-state index in [1.807, 2.05) is 37.3 Å². The first-order valence-electron chi connectivity index (χ1n) is 8.36. The molecule has 2 unspecified atom stereocenters. The maximum atomic E-state index is 12.3. The maximum Gasteiger partial charge on any atom is 0.408 e. The van der Waals surface area contributed by atoms with Crippen LogP contribution in [0.15, 0.2) is 30.3 Å². The van der Waals surface area contributed by atoms with Gasteiger partial charge in [0.25, 0.3) is 0 Å². The Bertz CT molecular complexity index is 579. The minimum atomic E-state index is -0.918. The Morgan fingerprint density at radius 1 is 1.04 bits per heavy atom. The second kappa shape index (κ2) is 8.34. The highest BCUT2D eigenvalue weighted by atomic mass is 16.6. The van der Waals surface area contributed by atoms with E-state index in [2.05, 4.69) is 10.6 Å². The Hall–Kier alpha value is -2.08.